The SMILES string of the molecule is CCOc1cc([C@@H](CS(C)(=O)=O)N2C(=O)c3cc(F)cc(N)c3C2=O)ccc1OC. The number of carbonyl (C=O) groups excluding carboxylic acids is 2. The number of anilines is 1. The Labute approximate surface area is 173 Å². The van der Waals surface area contributed by atoms with Gasteiger partial charge in [0, 0.05) is 11.9 Å². The molecule has 0 fully saturated rings. The van der Waals surface area contributed by atoms with Crippen molar-refractivity contribution >= 4 is 27.3 Å². The van der Waals surface area contributed by atoms with Gasteiger partial charge in [0.15, 0.2) is 11.5 Å². The Bertz CT molecular complexity index is 1130. The molecule has 0 bridgehead atoms. The Balaban J connectivity index is 2.14. The van der Waals surface area contributed by atoms with Gasteiger partial charge in [-0.1, -0.05) is 6.07 Å². The van der Waals surface area contributed by atoms with Gasteiger partial charge in [-0.2, -0.15) is 0 Å². The smallest absolute Gasteiger partial charge is 0.264 e. The Morgan fingerprint density at radius 1 is 1.13 bits per heavy atom. The lowest BCUT2D eigenvalue weighted by atomic mass is 10.1. The fraction of sp³-hybridized carbons (Fsp3) is 0.300. The van der Waals surface area contributed by atoms with Crippen molar-refractivity contribution in [3.05, 3.63) is 52.8 Å². The molecule has 1 heterocycles. The summed E-state index contributed by atoms with van der Waals surface area (Å²) >= 11 is 0. The van der Waals surface area contributed by atoms with Gasteiger partial charge in [0.2, 0.25) is 0 Å². The minimum atomic E-state index is -3.63. The van der Waals surface area contributed by atoms with E-state index < -0.39 is 39.3 Å². The standard InChI is InChI=1S/C20H21FN2O6S/c1-4-29-17-7-11(5-6-16(17)28-2)15(10-30(3,26)27)23-19(24)13-8-12(21)9-14(22)18(13)20(23)25/h5-9,15H,4,10,22H2,1-3H3/t15-/m1/s1. The van der Waals surface area contributed by atoms with Crippen LogP contribution in [0.15, 0.2) is 30.3 Å². The van der Waals surface area contributed by atoms with E-state index in [0.29, 0.717) is 23.7 Å². The lowest BCUT2D eigenvalue weighted by Gasteiger charge is -2.26. The van der Waals surface area contributed by atoms with Crippen molar-refractivity contribution in [2.45, 2.75) is 13.0 Å². The summed E-state index contributed by atoms with van der Waals surface area (Å²) in [7, 11) is -2.17. The van der Waals surface area contributed by atoms with Crippen LogP contribution in [0.25, 0.3) is 0 Å². The summed E-state index contributed by atoms with van der Waals surface area (Å²) < 4.78 is 48.8. The molecule has 0 saturated heterocycles. The van der Waals surface area contributed by atoms with Gasteiger partial charge in [-0.3, -0.25) is 14.5 Å². The zero-order valence-corrected chi connectivity index (χ0v) is 17.5. The van der Waals surface area contributed by atoms with Crippen molar-refractivity contribution in [2.24, 2.45) is 0 Å². The number of carbonyl (C=O) groups is 2. The Kier molecular flexibility index (Phi) is 5.71. The summed E-state index contributed by atoms with van der Waals surface area (Å²) in [4.78, 5) is 26.8. The number of amides is 2. The van der Waals surface area contributed by atoms with Crippen LogP contribution in [0.2, 0.25) is 0 Å². The summed E-state index contributed by atoms with van der Waals surface area (Å²) in [5.74, 6) is -2.15. The van der Waals surface area contributed by atoms with Gasteiger partial charge in [-0.05, 0) is 36.8 Å². The number of hydrogen-bond donors (Lipinski definition) is 1. The molecule has 10 heteroatoms. The van der Waals surface area contributed by atoms with Crippen LogP contribution in [0.5, 0.6) is 11.5 Å². The highest BCUT2D eigenvalue weighted by molar-refractivity contribution is 7.90. The number of benzene rings is 2. The van der Waals surface area contributed by atoms with Crippen LogP contribution >= 0.6 is 0 Å². The van der Waals surface area contributed by atoms with Crippen molar-refractivity contribution in [2.75, 3.05) is 31.5 Å². The van der Waals surface area contributed by atoms with E-state index >= 15 is 0 Å². The molecule has 160 valence electrons. The summed E-state index contributed by atoms with van der Waals surface area (Å²) in [5.41, 5.74) is 5.58. The van der Waals surface area contributed by atoms with E-state index in [1.807, 2.05) is 0 Å². The molecule has 0 aromatic heterocycles. The molecule has 2 N–H and O–H groups in total. The van der Waals surface area contributed by atoms with Gasteiger partial charge < -0.3 is 15.2 Å². The topological polar surface area (TPSA) is 116 Å². The summed E-state index contributed by atoms with van der Waals surface area (Å²) in [6.07, 6.45) is 0.999. The van der Waals surface area contributed by atoms with E-state index in [1.54, 1.807) is 19.1 Å². The third kappa shape index (κ3) is 3.95. The van der Waals surface area contributed by atoms with E-state index in [-0.39, 0.29) is 16.8 Å². The summed E-state index contributed by atoms with van der Waals surface area (Å²) in [6, 6.07) is 5.32. The van der Waals surface area contributed by atoms with Crippen molar-refractivity contribution < 1.29 is 31.9 Å². The molecule has 0 unspecified atom stereocenters. The predicted molar refractivity (Wildman–Crippen MR) is 108 cm³/mol. The van der Waals surface area contributed by atoms with E-state index in [0.717, 1.165) is 23.3 Å². The maximum Gasteiger partial charge on any atom is 0.264 e. The lowest BCUT2D eigenvalue weighted by Crippen LogP contribution is -2.37. The predicted octanol–water partition coefficient (Wildman–Crippen LogP) is 2.20. The second kappa shape index (κ2) is 7.94. The number of sulfone groups is 1. The van der Waals surface area contributed by atoms with E-state index in [4.69, 9.17) is 15.2 Å². The molecule has 0 saturated carbocycles. The van der Waals surface area contributed by atoms with Gasteiger partial charge in [-0.15, -0.1) is 0 Å². The van der Waals surface area contributed by atoms with Gasteiger partial charge in [0.05, 0.1) is 36.6 Å². The average molecular weight is 436 g/mol. The molecule has 0 aliphatic carbocycles. The zero-order valence-electron chi connectivity index (χ0n) is 16.6. The first-order chi connectivity index (χ1) is 14.1. The number of hydrogen-bond acceptors (Lipinski definition) is 7. The van der Waals surface area contributed by atoms with Crippen molar-refractivity contribution in [1.29, 1.82) is 0 Å². The number of imide groups is 1. The fourth-order valence-corrected chi connectivity index (χ4v) is 4.35. The van der Waals surface area contributed by atoms with E-state index in [2.05, 4.69) is 0 Å². The van der Waals surface area contributed by atoms with Crippen molar-refractivity contribution in [3.63, 3.8) is 0 Å². The number of nitrogen functional groups attached to an aromatic ring is 1. The number of nitrogens with two attached hydrogens (primary N) is 1. The van der Waals surface area contributed by atoms with Crippen LogP contribution in [0.3, 0.4) is 0 Å². The van der Waals surface area contributed by atoms with E-state index in [1.165, 1.54) is 13.2 Å². The van der Waals surface area contributed by atoms with E-state index in [9.17, 15) is 22.4 Å². The fourth-order valence-electron chi connectivity index (χ4n) is 3.44. The molecule has 8 nitrogen and oxygen atoms in total. The quantitative estimate of drug-likeness (QED) is 0.522. The number of rotatable bonds is 7. The Morgan fingerprint density at radius 2 is 1.83 bits per heavy atom. The van der Waals surface area contributed by atoms with Crippen molar-refractivity contribution in [3.8, 4) is 11.5 Å². The van der Waals surface area contributed by atoms with Gasteiger partial charge in [0.25, 0.3) is 11.8 Å². The number of ether oxygens (including phenoxy) is 2. The number of nitrogens with zero attached hydrogens (tertiary/aromatic N) is 1. The first-order valence-electron chi connectivity index (χ1n) is 9.02. The van der Waals surface area contributed by atoms with Gasteiger partial charge in [0.1, 0.15) is 15.7 Å². The second-order valence-electron chi connectivity index (χ2n) is 6.85. The maximum atomic E-state index is 13.8. The lowest BCUT2D eigenvalue weighted by molar-refractivity contribution is 0.0597. The zero-order chi connectivity index (χ0) is 22.2. The summed E-state index contributed by atoms with van der Waals surface area (Å²) in [6.45, 7) is 2.08. The first kappa shape index (κ1) is 21.6. The molecule has 1 aliphatic rings. The van der Waals surface area contributed by atoms with Crippen LogP contribution in [0.1, 0.15) is 39.2 Å². The minimum Gasteiger partial charge on any atom is -0.493 e. The second-order valence-corrected chi connectivity index (χ2v) is 9.03. The third-order valence-corrected chi connectivity index (χ3v) is 5.58. The molecule has 0 radical (unpaired) electrons. The molecule has 2 aromatic carbocycles. The average Bonchev–Trinajstić information content (AvgIpc) is 2.90. The molecule has 2 amide bonds. The normalized spacial score (nSPS) is 14.6. The van der Waals surface area contributed by atoms with Crippen LogP contribution < -0.4 is 15.2 Å². The molecular formula is C20H21FN2O6S. The molecule has 1 aliphatic heterocycles. The number of fused-ring (bicyclic) bond motifs is 1. The van der Waals surface area contributed by atoms with Gasteiger partial charge >= 0.3 is 0 Å². The highest BCUT2D eigenvalue weighted by Crippen LogP contribution is 2.38. The molecule has 0 spiro atoms. The van der Waals surface area contributed by atoms with Crippen LogP contribution in [-0.2, 0) is 9.84 Å². The van der Waals surface area contributed by atoms with Crippen LogP contribution in [0, 0.1) is 5.82 Å². The highest BCUT2D eigenvalue weighted by Gasteiger charge is 2.43. The molecular weight excluding hydrogens is 415 g/mol. The minimum absolute atomic E-state index is 0.140. The van der Waals surface area contributed by atoms with Crippen molar-refractivity contribution in [1.82, 2.24) is 4.90 Å². The largest absolute Gasteiger partial charge is 0.493 e. The number of methoxy groups -OCH3 is 1. The monoisotopic (exact) mass is 436 g/mol. The summed E-state index contributed by atoms with van der Waals surface area (Å²) in [5, 5.41) is 0. The van der Waals surface area contributed by atoms with Crippen LogP contribution in [0.4, 0.5) is 10.1 Å². The molecule has 3 rings (SSSR count). The maximum absolute atomic E-state index is 13.8. The Morgan fingerprint density at radius 3 is 2.43 bits per heavy atom. The molecule has 2 aromatic rings. The highest BCUT2D eigenvalue weighted by atomic mass is 32.2. The molecule has 30 heavy (non-hydrogen) atoms. The third-order valence-electron chi connectivity index (χ3n) is 4.66. The number of halogens is 1. The Hall–Kier alpha value is -3.14. The van der Waals surface area contributed by atoms with Gasteiger partial charge in [-0.25, -0.2) is 12.8 Å². The first-order valence-corrected chi connectivity index (χ1v) is 11.1. The molecule has 1 atom stereocenters. The van der Waals surface area contributed by atoms with Crippen LogP contribution in [-0.4, -0.2) is 50.9 Å².